The Morgan fingerprint density at radius 2 is 2.04 bits per heavy atom. The summed E-state index contributed by atoms with van der Waals surface area (Å²) in [6, 6.07) is 15.4. The molecule has 24 heavy (non-hydrogen) atoms. The molecule has 0 radical (unpaired) electrons. The zero-order valence-corrected chi connectivity index (χ0v) is 14.3. The first-order chi connectivity index (χ1) is 11.7. The Labute approximate surface area is 146 Å². The molecular formula is C19H18ClN3O. The Bertz CT molecular complexity index is 893. The van der Waals surface area contributed by atoms with Gasteiger partial charge in [-0.3, -0.25) is 10.4 Å². The molecule has 4 nitrogen and oxygen atoms in total. The van der Waals surface area contributed by atoms with Crippen molar-refractivity contribution in [3.63, 3.8) is 0 Å². The zero-order valence-electron chi connectivity index (χ0n) is 13.6. The SMILES string of the molecule is CCOc1ccc2c(N/N=C/c3ccccc3Cl)cc(C)nc2c1. The van der Waals surface area contributed by atoms with Crippen LogP contribution in [0.3, 0.4) is 0 Å². The third-order valence-electron chi connectivity index (χ3n) is 3.51. The molecule has 0 fully saturated rings. The molecular weight excluding hydrogens is 322 g/mol. The van der Waals surface area contributed by atoms with Gasteiger partial charge in [0.05, 0.1) is 24.0 Å². The maximum Gasteiger partial charge on any atom is 0.121 e. The number of halogens is 1. The summed E-state index contributed by atoms with van der Waals surface area (Å²) in [6.45, 7) is 4.55. The smallest absolute Gasteiger partial charge is 0.121 e. The van der Waals surface area contributed by atoms with Crippen LogP contribution in [0.2, 0.25) is 5.02 Å². The van der Waals surface area contributed by atoms with E-state index in [1.807, 2.05) is 62.4 Å². The van der Waals surface area contributed by atoms with Crippen LogP contribution in [0.4, 0.5) is 5.69 Å². The molecule has 0 saturated carbocycles. The van der Waals surface area contributed by atoms with Gasteiger partial charge in [0.15, 0.2) is 0 Å². The standard InChI is InChI=1S/C19H18ClN3O/c1-3-24-15-8-9-16-18(11-15)22-13(2)10-19(16)23-21-12-14-6-4-5-7-17(14)20/h4-12H,3H2,1-2H3,(H,22,23)/b21-12+. The largest absolute Gasteiger partial charge is 0.494 e. The van der Waals surface area contributed by atoms with Crippen molar-refractivity contribution in [2.45, 2.75) is 13.8 Å². The van der Waals surface area contributed by atoms with Gasteiger partial charge in [0.1, 0.15) is 5.75 Å². The number of ether oxygens (including phenoxy) is 1. The van der Waals surface area contributed by atoms with Gasteiger partial charge in [0.25, 0.3) is 0 Å². The number of rotatable bonds is 5. The minimum atomic E-state index is 0.630. The molecule has 0 bridgehead atoms. The fourth-order valence-electron chi connectivity index (χ4n) is 2.44. The molecule has 0 aliphatic carbocycles. The molecule has 0 unspecified atom stereocenters. The predicted molar refractivity (Wildman–Crippen MR) is 100 cm³/mol. The number of nitrogens with one attached hydrogen (secondary N) is 1. The molecule has 0 aliphatic heterocycles. The lowest BCUT2D eigenvalue weighted by atomic mass is 10.1. The zero-order chi connectivity index (χ0) is 16.9. The van der Waals surface area contributed by atoms with Gasteiger partial charge < -0.3 is 4.74 Å². The monoisotopic (exact) mass is 339 g/mol. The first-order valence-electron chi connectivity index (χ1n) is 7.75. The third kappa shape index (κ3) is 3.66. The second-order valence-electron chi connectivity index (χ2n) is 5.31. The molecule has 1 N–H and O–H groups in total. The molecule has 3 aromatic rings. The Hall–Kier alpha value is -2.59. The van der Waals surface area contributed by atoms with Crippen molar-refractivity contribution in [3.8, 4) is 5.75 Å². The number of nitrogens with zero attached hydrogens (tertiary/aromatic N) is 2. The minimum absolute atomic E-state index is 0.630. The van der Waals surface area contributed by atoms with E-state index in [0.29, 0.717) is 11.6 Å². The number of aryl methyl sites for hydroxylation is 1. The van der Waals surface area contributed by atoms with Crippen LogP contribution >= 0.6 is 11.6 Å². The lowest BCUT2D eigenvalue weighted by Gasteiger charge is -2.09. The van der Waals surface area contributed by atoms with Crippen molar-refractivity contribution in [1.29, 1.82) is 0 Å². The summed E-state index contributed by atoms with van der Waals surface area (Å²) in [5.74, 6) is 0.814. The molecule has 0 aliphatic rings. The van der Waals surface area contributed by atoms with Gasteiger partial charge in [-0.25, -0.2) is 0 Å². The second-order valence-corrected chi connectivity index (χ2v) is 5.72. The number of aromatic nitrogens is 1. The molecule has 5 heteroatoms. The van der Waals surface area contributed by atoms with Crippen LogP contribution in [0.15, 0.2) is 53.6 Å². The first kappa shape index (κ1) is 16.3. The molecule has 0 amide bonds. The molecule has 0 atom stereocenters. The van der Waals surface area contributed by atoms with Gasteiger partial charge in [0.2, 0.25) is 0 Å². The first-order valence-corrected chi connectivity index (χ1v) is 8.13. The molecule has 0 saturated heterocycles. The molecule has 3 rings (SSSR count). The Balaban J connectivity index is 1.90. The van der Waals surface area contributed by atoms with Crippen molar-refractivity contribution in [1.82, 2.24) is 4.98 Å². The predicted octanol–water partition coefficient (Wildman–Crippen LogP) is 5.04. The summed E-state index contributed by atoms with van der Waals surface area (Å²) in [4.78, 5) is 4.57. The van der Waals surface area contributed by atoms with E-state index in [4.69, 9.17) is 16.3 Å². The Morgan fingerprint density at radius 3 is 2.83 bits per heavy atom. The average molecular weight is 340 g/mol. The van der Waals surface area contributed by atoms with Crippen LogP contribution in [-0.2, 0) is 0 Å². The van der Waals surface area contributed by atoms with Crippen LogP contribution in [0, 0.1) is 6.92 Å². The summed E-state index contributed by atoms with van der Waals surface area (Å²) >= 11 is 6.13. The van der Waals surface area contributed by atoms with E-state index in [1.165, 1.54) is 0 Å². The summed E-state index contributed by atoms with van der Waals surface area (Å²) in [7, 11) is 0. The Morgan fingerprint density at radius 1 is 1.21 bits per heavy atom. The van der Waals surface area contributed by atoms with Crippen LogP contribution in [0.1, 0.15) is 18.2 Å². The average Bonchev–Trinajstić information content (AvgIpc) is 2.56. The number of fused-ring (bicyclic) bond motifs is 1. The van der Waals surface area contributed by atoms with E-state index in [9.17, 15) is 0 Å². The van der Waals surface area contributed by atoms with Gasteiger partial charge >= 0.3 is 0 Å². The summed E-state index contributed by atoms with van der Waals surface area (Å²) in [5.41, 5.74) is 6.62. The van der Waals surface area contributed by atoms with Crippen LogP contribution in [-0.4, -0.2) is 17.8 Å². The fraction of sp³-hybridized carbons (Fsp3) is 0.158. The minimum Gasteiger partial charge on any atom is -0.494 e. The number of hydrogen-bond acceptors (Lipinski definition) is 4. The lowest BCUT2D eigenvalue weighted by molar-refractivity contribution is 0.340. The van der Waals surface area contributed by atoms with E-state index in [1.54, 1.807) is 6.21 Å². The number of hydrazone groups is 1. The maximum atomic E-state index is 6.13. The fourth-order valence-corrected chi connectivity index (χ4v) is 2.63. The quantitative estimate of drug-likeness (QED) is 0.523. The normalized spacial score (nSPS) is 11.1. The van der Waals surface area contributed by atoms with Gasteiger partial charge in [0, 0.05) is 27.7 Å². The van der Waals surface area contributed by atoms with E-state index in [-0.39, 0.29) is 0 Å². The van der Waals surface area contributed by atoms with Crippen LogP contribution < -0.4 is 10.2 Å². The molecule has 2 aromatic carbocycles. The third-order valence-corrected chi connectivity index (χ3v) is 3.86. The number of benzene rings is 2. The number of pyridine rings is 1. The van der Waals surface area contributed by atoms with E-state index >= 15 is 0 Å². The van der Waals surface area contributed by atoms with Crippen molar-refractivity contribution in [3.05, 3.63) is 64.8 Å². The highest BCUT2D eigenvalue weighted by molar-refractivity contribution is 6.33. The van der Waals surface area contributed by atoms with Crippen LogP contribution in [0.25, 0.3) is 10.9 Å². The van der Waals surface area contributed by atoms with Gasteiger partial charge in [-0.1, -0.05) is 29.8 Å². The molecule has 1 aromatic heterocycles. The van der Waals surface area contributed by atoms with Crippen molar-refractivity contribution >= 4 is 34.4 Å². The van der Waals surface area contributed by atoms with Crippen LogP contribution in [0.5, 0.6) is 5.75 Å². The highest BCUT2D eigenvalue weighted by atomic mass is 35.5. The van der Waals surface area contributed by atoms with Gasteiger partial charge in [-0.15, -0.1) is 0 Å². The van der Waals surface area contributed by atoms with E-state index < -0.39 is 0 Å². The van der Waals surface area contributed by atoms with E-state index in [0.717, 1.165) is 33.6 Å². The highest BCUT2D eigenvalue weighted by Crippen LogP contribution is 2.27. The summed E-state index contributed by atoms with van der Waals surface area (Å²) in [6.07, 6.45) is 1.71. The van der Waals surface area contributed by atoms with Crippen molar-refractivity contribution in [2.75, 3.05) is 12.0 Å². The second kappa shape index (κ2) is 7.32. The number of hydrogen-bond donors (Lipinski definition) is 1. The highest BCUT2D eigenvalue weighted by Gasteiger charge is 2.05. The molecule has 122 valence electrons. The maximum absolute atomic E-state index is 6.13. The topological polar surface area (TPSA) is 46.5 Å². The summed E-state index contributed by atoms with van der Waals surface area (Å²) < 4.78 is 5.54. The lowest BCUT2D eigenvalue weighted by Crippen LogP contribution is -1.96. The van der Waals surface area contributed by atoms with Gasteiger partial charge in [-0.05, 0) is 38.1 Å². The number of anilines is 1. The van der Waals surface area contributed by atoms with Crippen molar-refractivity contribution < 1.29 is 4.74 Å². The molecule has 0 spiro atoms. The molecule has 1 heterocycles. The summed E-state index contributed by atoms with van der Waals surface area (Å²) in [5, 5.41) is 5.96. The van der Waals surface area contributed by atoms with E-state index in [2.05, 4.69) is 15.5 Å². The van der Waals surface area contributed by atoms with Crippen molar-refractivity contribution in [2.24, 2.45) is 5.10 Å². The Kier molecular flexibility index (Phi) is 4.96. The van der Waals surface area contributed by atoms with Gasteiger partial charge in [-0.2, -0.15) is 5.10 Å².